The van der Waals surface area contributed by atoms with E-state index < -0.39 is 0 Å². The predicted molar refractivity (Wildman–Crippen MR) is 88.2 cm³/mol. The standard InChI is InChI=1S/C19H17NO/c1-21-19-13-12-17(20-16-10-6-3-7-11-16)14-18(19)15-8-4-2-5-9-15/h2-14,20H,1H3. The summed E-state index contributed by atoms with van der Waals surface area (Å²) in [5, 5.41) is 3.41. The van der Waals surface area contributed by atoms with Gasteiger partial charge in [0.2, 0.25) is 0 Å². The number of hydrogen-bond acceptors (Lipinski definition) is 2. The van der Waals surface area contributed by atoms with Gasteiger partial charge in [-0.1, -0.05) is 48.5 Å². The van der Waals surface area contributed by atoms with Crippen molar-refractivity contribution in [1.82, 2.24) is 0 Å². The molecule has 0 saturated heterocycles. The lowest BCUT2D eigenvalue weighted by molar-refractivity contribution is 0.416. The molecule has 0 fully saturated rings. The maximum absolute atomic E-state index is 5.48. The quantitative estimate of drug-likeness (QED) is 0.714. The van der Waals surface area contributed by atoms with E-state index in [1.807, 2.05) is 60.7 Å². The first-order valence-electron chi connectivity index (χ1n) is 6.92. The molecule has 3 rings (SSSR count). The summed E-state index contributed by atoms with van der Waals surface area (Å²) in [5.41, 5.74) is 4.34. The van der Waals surface area contributed by atoms with E-state index in [1.165, 1.54) is 0 Å². The van der Waals surface area contributed by atoms with Crippen LogP contribution in [0.1, 0.15) is 0 Å². The zero-order chi connectivity index (χ0) is 14.5. The SMILES string of the molecule is COc1ccc(Nc2ccccc2)cc1-c1ccccc1. The zero-order valence-electron chi connectivity index (χ0n) is 11.9. The summed E-state index contributed by atoms with van der Waals surface area (Å²) >= 11 is 0. The third kappa shape index (κ3) is 3.06. The second kappa shape index (κ2) is 6.14. The van der Waals surface area contributed by atoms with Gasteiger partial charge in [0.25, 0.3) is 0 Å². The molecule has 0 unspecified atom stereocenters. The lowest BCUT2D eigenvalue weighted by Crippen LogP contribution is -1.93. The second-order valence-corrected chi connectivity index (χ2v) is 4.77. The van der Waals surface area contributed by atoms with Gasteiger partial charge in [0.15, 0.2) is 0 Å². The number of para-hydroxylation sites is 1. The molecule has 104 valence electrons. The molecule has 0 amide bonds. The Bertz CT molecular complexity index is 708. The molecule has 2 nitrogen and oxygen atoms in total. The molecule has 0 aromatic heterocycles. The normalized spacial score (nSPS) is 10.1. The summed E-state index contributed by atoms with van der Waals surface area (Å²) in [4.78, 5) is 0. The fourth-order valence-electron chi connectivity index (χ4n) is 2.32. The molecule has 0 radical (unpaired) electrons. The molecule has 0 aliphatic heterocycles. The van der Waals surface area contributed by atoms with Crippen LogP contribution in [0.3, 0.4) is 0 Å². The number of rotatable bonds is 4. The van der Waals surface area contributed by atoms with Gasteiger partial charge in [0, 0.05) is 16.9 Å². The van der Waals surface area contributed by atoms with Gasteiger partial charge in [-0.3, -0.25) is 0 Å². The average Bonchev–Trinajstić information content (AvgIpc) is 2.56. The summed E-state index contributed by atoms with van der Waals surface area (Å²) < 4.78 is 5.48. The molecular weight excluding hydrogens is 258 g/mol. The highest BCUT2D eigenvalue weighted by Gasteiger charge is 2.07. The van der Waals surface area contributed by atoms with Crippen LogP contribution in [0.5, 0.6) is 5.75 Å². The Balaban J connectivity index is 1.97. The fourth-order valence-corrected chi connectivity index (χ4v) is 2.32. The maximum atomic E-state index is 5.48. The molecule has 2 heteroatoms. The van der Waals surface area contributed by atoms with Gasteiger partial charge in [-0.05, 0) is 35.9 Å². The van der Waals surface area contributed by atoms with Crippen LogP contribution in [-0.2, 0) is 0 Å². The van der Waals surface area contributed by atoms with Crippen LogP contribution in [0.15, 0.2) is 78.9 Å². The molecule has 0 saturated carbocycles. The van der Waals surface area contributed by atoms with Crippen LogP contribution < -0.4 is 10.1 Å². The first-order chi connectivity index (χ1) is 10.4. The van der Waals surface area contributed by atoms with Crippen molar-refractivity contribution in [3.05, 3.63) is 78.9 Å². The third-order valence-corrected chi connectivity index (χ3v) is 3.35. The van der Waals surface area contributed by atoms with Crippen molar-refractivity contribution < 1.29 is 4.74 Å². The van der Waals surface area contributed by atoms with Crippen LogP contribution in [-0.4, -0.2) is 7.11 Å². The number of anilines is 2. The molecule has 0 atom stereocenters. The molecule has 0 bridgehead atoms. The van der Waals surface area contributed by atoms with Crippen molar-refractivity contribution in [3.8, 4) is 16.9 Å². The summed E-state index contributed by atoms with van der Waals surface area (Å²) in [7, 11) is 1.70. The van der Waals surface area contributed by atoms with Crippen LogP contribution in [0.25, 0.3) is 11.1 Å². The van der Waals surface area contributed by atoms with Gasteiger partial charge in [0.05, 0.1) is 7.11 Å². The lowest BCUT2D eigenvalue weighted by Gasteiger charge is -2.12. The lowest BCUT2D eigenvalue weighted by atomic mass is 10.0. The monoisotopic (exact) mass is 275 g/mol. The Kier molecular flexibility index (Phi) is 3.88. The molecule has 0 spiro atoms. The zero-order valence-corrected chi connectivity index (χ0v) is 11.9. The highest BCUT2D eigenvalue weighted by Crippen LogP contribution is 2.33. The van der Waals surface area contributed by atoms with E-state index in [9.17, 15) is 0 Å². The maximum Gasteiger partial charge on any atom is 0.126 e. The van der Waals surface area contributed by atoms with Crippen molar-refractivity contribution in [2.75, 3.05) is 12.4 Å². The van der Waals surface area contributed by atoms with Gasteiger partial charge < -0.3 is 10.1 Å². The molecule has 0 heterocycles. The van der Waals surface area contributed by atoms with E-state index in [0.717, 1.165) is 28.3 Å². The number of hydrogen-bond donors (Lipinski definition) is 1. The number of nitrogens with one attached hydrogen (secondary N) is 1. The van der Waals surface area contributed by atoms with E-state index in [-0.39, 0.29) is 0 Å². The van der Waals surface area contributed by atoms with Gasteiger partial charge in [-0.2, -0.15) is 0 Å². The molecule has 0 aliphatic rings. The fraction of sp³-hybridized carbons (Fsp3) is 0.0526. The van der Waals surface area contributed by atoms with Crippen molar-refractivity contribution >= 4 is 11.4 Å². The van der Waals surface area contributed by atoms with Crippen LogP contribution >= 0.6 is 0 Å². The highest BCUT2D eigenvalue weighted by molar-refractivity contribution is 5.76. The van der Waals surface area contributed by atoms with Gasteiger partial charge in [0.1, 0.15) is 5.75 Å². The highest BCUT2D eigenvalue weighted by atomic mass is 16.5. The molecule has 3 aromatic rings. The Hall–Kier alpha value is -2.74. The summed E-state index contributed by atoms with van der Waals surface area (Å²) in [6, 6.07) is 26.5. The van der Waals surface area contributed by atoms with E-state index in [4.69, 9.17) is 4.74 Å². The van der Waals surface area contributed by atoms with E-state index in [2.05, 4.69) is 23.5 Å². The van der Waals surface area contributed by atoms with Gasteiger partial charge in [-0.15, -0.1) is 0 Å². The van der Waals surface area contributed by atoms with Crippen LogP contribution in [0, 0.1) is 0 Å². The first-order valence-corrected chi connectivity index (χ1v) is 6.92. The Morgan fingerprint density at radius 2 is 1.38 bits per heavy atom. The Morgan fingerprint density at radius 1 is 0.714 bits per heavy atom. The smallest absolute Gasteiger partial charge is 0.126 e. The average molecular weight is 275 g/mol. The van der Waals surface area contributed by atoms with E-state index >= 15 is 0 Å². The minimum atomic E-state index is 0.875. The topological polar surface area (TPSA) is 21.3 Å². The number of benzene rings is 3. The summed E-state index contributed by atoms with van der Waals surface area (Å²) in [5.74, 6) is 0.875. The van der Waals surface area contributed by atoms with Crippen molar-refractivity contribution in [1.29, 1.82) is 0 Å². The van der Waals surface area contributed by atoms with Crippen molar-refractivity contribution in [2.24, 2.45) is 0 Å². The Labute approximate surface area is 125 Å². The van der Waals surface area contributed by atoms with Crippen molar-refractivity contribution in [3.63, 3.8) is 0 Å². The minimum Gasteiger partial charge on any atom is -0.496 e. The molecule has 0 aliphatic carbocycles. The Morgan fingerprint density at radius 3 is 2.05 bits per heavy atom. The molecule has 1 N–H and O–H groups in total. The van der Waals surface area contributed by atoms with Crippen LogP contribution in [0.4, 0.5) is 11.4 Å². The molecular formula is C19H17NO. The minimum absolute atomic E-state index is 0.875. The van der Waals surface area contributed by atoms with E-state index in [0.29, 0.717) is 0 Å². The first kappa shape index (κ1) is 13.3. The second-order valence-electron chi connectivity index (χ2n) is 4.77. The number of ether oxygens (including phenoxy) is 1. The predicted octanol–water partition coefficient (Wildman–Crippen LogP) is 5.11. The third-order valence-electron chi connectivity index (χ3n) is 3.35. The molecule has 3 aromatic carbocycles. The number of methoxy groups -OCH3 is 1. The van der Waals surface area contributed by atoms with Gasteiger partial charge in [-0.25, -0.2) is 0 Å². The van der Waals surface area contributed by atoms with Crippen molar-refractivity contribution in [2.45, 2.75) is 0 Å². The summed E-state index contributed by atoms with van der Waals surface area (Å²) in [6.07, 6.45) is 0. The van der Waals surface area contributed by atoms with Gasteiger partial charge >= 0.3 is 0 Å². The van der Waals surface area contributed by atoms with Crippen LogP contribution in [0.2, 0.25) is 0 Å². The largest absolute Gasteiger partial charge is 0.496 e. The van der Waals surface area contributed by atoms with E-state index in [1.54, 1.807) is 7.11 Å². The summed E-state index contributed by atoms with van der Waals surface area (Å²) in [6.45, 7) is 0. The molecule has 21 heavy (non-hydrogen) atoms.